The zero-order valence-electron chi connectivity index (χ0n) is 21.6. The normalized spacial score (nSPS) is 10.7. The Morgan fingerprint density at radius 1 is 0.581 bits per heavy atom. The average Bonchev–Trinajstić information content (AvgIpc) is 2.97. The van der Waals surface area contributed by atoms with Gasteiger partial charge in [-0.15, -0.1) is 0 Å². The lowest BCUT2D eigenvalue weighted by molar-refractivity contribution is 0.0686. The summed E-state index contributed by atoms with van der Waals surface area (Å²) < 4.78 is 2.79. The standard InChI is InChI=1S/C29H18Br4N6O4/c30-17-3-7-19(8-4-17)39(20-9-5-18(31)6-10-20)29-37-27(34-23-11-1-15(25(40)41)13-21(23)32)36-28(38-29)35-24-12-2-16(26(42)43)14-22(24)33/h1-14H,(H,40,41)(H,42,43)(H2,34,35,36,37,38). The Labute approximate surface area is 278 Å². The number of anilines is 7. The topological polar surface area (TPSA) is 141 Å². The van der Waals surface area contributed by atoms with Gasteiger partial charge < -0.3 is 20.8 Å². The van der Waals surface area contributed by atoms with Crippen LogP contribution in [-0.2, 0) is 0 Å². The highest BCUT2D eigenvalue weighted by Crippen LogP contribution is 2.36. The molecule has 0 unspecified atom stereocenters. The Balaban J connectivity index is 1.64. The summed E-state index contributed by atoms with van der Waals surface area (Å²) in [7, 11) is 0. The number of carboxylic acid groups (broad SMARTS) is 2. The van der Waals surface area contributed by atoms with Gasteiger partial charge in [0.2, 0.25) is 17.8 Å². The summed E-state index contributed by atoms with van der Waals surface area (Å²) in [6.07, 6.45) is 0. The predicted molar refractivity (Wildman–Crippen MR) is 179 cm³/mol. The van der Waals surface area contributed by atoms with Gasteiger partial charge in [-0.1, -0.05) is 31.9 Å². The molecule has 0 atom stereocenters. The van der Waals surface area contributed by atoms with E-state index in [0.717, 1.165) is 20.3 Å². The van der Waals surface area contributed by atoms with Gasteiger partial charge in [0, 0.05) is 29.3 Å². The lowest BCUT2D eigenvalue weighted by atomic mass is 10.2. The van der Waals surface area contributed by atoms with Gasteiger partial charge in [-0.05, 0) is 117 Å². The first-order valence-corrected chi connectivity index (χ1v) is 15.4. The second kappa shape index (κ2) is 13.2. The van der Waals surface area contributed by atoms with Crippen molar-refractivity contribution in [3.63, 3.8) is 0 Å². The summed E-state index contributed by atoms with van der Waals surface area (Å²) in [5.41, 5.74) is 2.82. The molecule has 0 saturated heterocycles. The summed E-state index contributed by atoms with van der Waals surface area (Å²) in [5, 5.41) is 25.0. The van der Waals surface area contributed by atoms with Crippen molar-refractivity contribution >= 4 is 116 Å². The van der Waals surface area contributed by atoms with Crippen molar-refractivity contribution in [2.24, 2.45) is 0 Å². The third-order valence-corrected chi connectivity index (χ3v) is 8.29. The molecule has 14 heteroatoms. The van der Waals surface area contributed by atoms with Gasteiger partial charge in [0.05, 0.1) is 22.5 Å². The Bertz CT molecular complexity index is 1710. The van der Waals surface area contributed by atoms with E-state index in [4.69, 9.17) is 9.97 Å². The highest BCUT2D eigenvalue weighted by atomic mass is 79.9. The fourth-order valence-corrected chi connectivity index (χ4v) is 5.36. The molecule has 0 fully saturated rings. The van der Waals surface area contributed by atoms with E-state index in [-0.39, 0.29) is 29.0 Å². The molecule has 0 spiro atoms. The number of nitrogens with one attached hydrogen (secondary N) is 2. The van der Waals surface area contributed by atoms with Crippen molar-refractivity contribution in [1.82, 2.24) is 15.0 Å². The molecule has 0 bridgehead atoms. The fourth-order valence-electron chi connectivity index (χ4n) is 3.88. The molecular weight excluding hydrogens is 816 g/mol. The number of nitrogens with zero attached hydrogens (tertiary/aromatic N) is 4. The minimum atomic E-state index is -1.06. The maximum atomic E-state index is 11.4. The summed E-state index contributed by atoms with van der Waals surface area (Å²) in [6.45, 7) is 0. The molecule has 0 radical (unpaired) electrons. The van der Waals surface area contributed by atoms with E-state index >= 15 is 0 Å². The maximum Gasteiger partial charge on any atom is 0.335 e. The summed E-state index contributed by atoms with van der Waals surface area (Å²) in [4.78, 5) is 38.7. The summed E-state index contributed by atoms with van der Waals surface area (Å²) >= 11 is 13.8. The number of aromatic nitrogens is 3. The van der Waals surface area contributed by atoms with Gasteiger partial charge in [-0.3, -0.25) is 4.90 Å². The first-order valence-electron chi connectivity index (χ1n) is 12.2. The zero-order valence-corrected chi connectivity index (χ0v) is 27.9. The van der Waals surface area contributed by atoms with Gasteiger partial charge in [0.1, 0.15) is 0 Å². The second-order valence-corrected chi connectivity index (χ2v) is 12.4. The van der Waals surface area contributed by atoms with Crippen LogP contribution in [0.2, 0.25) is 0 Å². The molecule has 0 aliphatic heterocycles. The second-order valence-electron chi connectivity index (χ2n) is 8.82. The molecule has 4 N–H and O–H groups in total. The number of halogens is 4. The monoisotopic (exact) mass is 830 g/mol. The molecule has 216 valence electrons. The van der Waals surface area contributed by atoms with Crippen molar-refractivity contribution in [3.8, 4) is 0 Å². The third kappa shape index (κ3) is 7.39. The largest absolute Gasteiger partial charge is 0.478 e. The zero-order chi connectivity index (χ0) is 30.7. The predicted octanol–water partition coefficient (Wildman–Crippen LogP) is 9.27. The Kier molecular flexibility index (Phi) is 9.40. The molecular formula is C29H18Br4N6O4. The van der Waals surface area contributed by atoms with Gasteiger partial charge >= 0.3 is 11.9 Å². The van der Waals surface area contributed by atoms with E-state index < -0.39 is 11.9 Å². The molecule has 1 aromatic heterocycles. The quantitative estimate of drug-likeness (QED) is 0.114. The SMILES string of the molecule is O=C(O)c1ccc(Nc2nc(Nc3ccc(C(=O)O)cc3Br)nc(N(c3ccc(Br)cc3)c3ccc(Br)cc3)n2)c(Br)c1. The minimum Gasteiger partial charge on any atom is -0.478 e. The lowest BCUT2D eigenvalue weighted by Crippen LogP contribution is -2.16. The smallest absolute Gasteiger partial charge is 0.335 e. The number of carboxylic acids is 2. The van der Waals surface area contributed by atoms with Gasteiger partial charge in [0.25, 0.3) is 0 Å². The van der Waals surface area contributed by atoms with Crippen molar-refractivity contribution in [3.05, 3.63) is 114 Å². The minimum absolute atomic E-state index is 0.113. The van der Waals surface area contributed by atoms with Crippen molar-refractivity contribution < 1.29 is 19.8 Å². The molecule has 5 aromatic rings. The van der Waals surface area contributed by atoms with E-state index in [1.54, 1.807) is 12.1 Å². The van der Waals surface area contributed by atoms with Gasteiger partial charge in [-0.25, -0.2) is 9.59 Å². The van der Waals surface area contributed by atoms with E-state index in [1.807, 2.05) is 53.4 Å². The van der Waals surface area contributed by atoms with E-state index in [2.05, 4.69) is 79.3 Å². The van der Waals surface area contributed by atoms with Crippen LogP contribution in [0.4, 0.5) is 40.6 Å². The van der Waals surface area contributed by atoms with Crippen LogP contribution in [0.3, 0.4) is 0 Å². The number of rotatable bonds is 9. The number of hydrogen-bond donors (Lipinski definition) is 4. The molecule has 10 nitrogen and oxygen atoms in total. The van der Waals surface area contributed by atoms with Crippen LogP contribution in [0.15, 0.2) is 103 Å². The lowest BCUT2D eigenvalue weighted by Gasteiger charge is -2.24. The van der Waals surface area contributed by atoms with Crippen LogP contribution in [0, 0.1) is 0 Å². The van der Waals surface area contributed by atoms with Gasteiger partial charge in [0.15, 0.2) is 0 Å². The molecule has 4 aromatic carbocycles. The Hall–Kier alpha value is -3.85. The number of benzene rings is 4. The van der Waals surface area contributed by atoms with E-state index in [0.29, 0.717) is 20.3 Å². The number of hydrogen-bond acceptors (Lipinski definition) is 8. The van der Waals surface area contributed by atoms with Gasteiger partial charge in [-0.2, -0.15) is 15.0 Å². The maximum absolute atomic E-state index is 11.4. The molecule has 0 amide bonds. The first-order chi connectivity index (χ1) is 20.6. The molecule has 5 rings (SSSR count). The third-order valence-electron chi connectivity index (χ3n) is 5.92. The van der Waals surface area contributed by atoms with E-state index in [9.17, 15) is 19.8 Å². The Morgan fingerprint density at radius 2 is 0.977 bits per heavy atom. The molecule has 0 aliphatic rings. The molecule has 1 heterocycles. The average molecular weight is 834 g/mol. The highest BCUT2D eigenvalue weighted by molar-refractivity contribution is 9.11. The first kappa shape index (κ1) is 30.6. The van der Waals surface area contributed by atoms with E-state index in [1.165, 1.54) is 24.3 Å². The highest BCUT2D eigenvalue weighted by Gasteiger charge is 2.20. The molecule has 0 saturated carbocycles. The van der Waals surface area contributed by atoms with Crippen LogP contribution in [0.5, 0.6) is 0 Å². The summed E-state index contributed by atoms with van der Waals surface area (Å²) in [6, 6.07) is 24.4. The van der Waals surface area contributed by atoms with Crippen LogP contribution < -0.4 is 15.5 Å². The van der Waals surface area contributed by atoms with Crippen LogP contribution in [-0.4, -0.2) is 37.1 Å². The van der Waals surface area contributed by atoms with Crippen LogP contribution >= 0.6 is 63.7 Å². The number of carbonyl (C=O) groups is 2. The van der Waals surface area contributed by atoms with Crippen LogP contribution in [0.25, 0.3) is 0 Å². The molecule has 43 heavy (non-hydrogen) atoms. The fraction of sp³-hybridized carbons (Fsp3) is 0. The number of aromatic carboxylic acids is 2. The Morgan fingerprint density at radius 3 is 1.33 bits per heavy atom. The van der Waals surface area contributed by atoms with Crippen molar-refractivity contribution in [2.45, 2.75) is 0 Å². The van der Waals surface area contributed by atoms with Crippen molar-refractivity contribution in [1.29, 1.82) is 0 Å². The molecule has 0 aliphatic carbocycles. The summed E-state index contributed by atoms with van der Waals surface area (Å²) in [5.74, 6) is -1.52. The van der Waals surface area contributed by atoms with Crippen molar-refractivity contribution in [2.75, 3.05) is 15.5 Å². The van der Waals surface area contributed by atoms with Crippen LogP contribution in [0.1, 0.15) is 20.7 Å².